The number of aryl methyl sites for hydroxylation is 1. The second kappa shape index (κ2) is 8.05. The van der Waals surface area contributed by atoms with Crippen LogP contribution in [0.25, 0.3) is 5.69 Å². The zero-order valence-corrected chi connectivity index (χ0v) is 17.3. The number of nitrogens with zero attached hydrogens (tertiary/aromatic N) is 4. The summed E-state index contributed by atoms with van der Waals surface area (Å²) >= 11 is 12.4. The van der Waals surface area contributed by atoms with Crippen molar-refractivity contribution < 1.29 is 9.18 Å². The molecule has 8 heteroatoms. The van der Waals surface area contributed by atoms with Gasteiger partial charge in [0.25, 0.3) is 5.91 Å². The first-order chi connectivity index (χ1) is 14.0. The number of rotatable bonds is 3. The first-order valence-electron chi connectivity index (χ1n) is 9.25. The number of halogens is 3. The number of hydrogen-bond acceptors (Lipinski definition) is 3. The molecule has 0 aliphatic carbocycles. The lowest BCUT2D eigenvalue weighted by Gasteiger charge is -2.36. The van der Waals surface area contributed by atoms with E-state index in [0.717, 1.165) is 5.69 Å². The normalized spacial score (nSPS) is 14.3. The molecule has 0 radical (unpaired) electrons. The second-order valence-electron chi connectivity index (χ2n) is 6.89. The number of carbonyl (C=O) groups is 1. The molecule has 29 heavy (non-hydrogen) atoms. The van der Waals surface area contributed by atoms with Gasteiger partial charge in [0.2, 0.25) is 0 Å². The third kappa shape index (κ3) is 3.82. The SMILES string of the molecule is Cc1cc(C(=O)N2CCN(c3cccc(Cl)c3Cl)CC2)n(-c2ccccc2F)n1. The Morgan fingerprint density at radius 2 is 1.69 bits per heavy atom. The van der Waals surface area contributed by atoms with Crippen LogP contribution in [0.4, 0.5) is 10.1 Å². The molecule has 1 amide bonds. The van der Waals surface area contributed by atoms with E-state index in [1.807, 2.05) is 12.1 Å². The molecule has 0 unspecified atom stereocenters. The van der Waals surface area contributed by atoms with E-state index < -0.39 is 5.82 Å². The van der Waals surface area contributed by atoms with Crippen LogP contribution in [-0.2, 0) is 0 Å². The minimum absolute atomic E-state index is 0.175. The van der Waals surface area contributed by atoms with Crippen LogP contribution in [0.2, 0.25) is 10.0 Å². The van der Waals surface area contributed by atoms with Crippen molar-refractivity contribution in [2.24, 2.45) is 0 Å². The van der Waals surface area contributed by atoms with Crippen LogP contribution in [0.15, 0.2) is 48.5 Å². The highest BCUT2D eigenvalue weighted by atomic mass is 35.5. The lowest BCUT2D eigenvalue weighted by atomic mass is 10.2. The molecule has 1 aliphatic heterocycles. The minimum atomic E-state index is -0.426. The van der Waals surface area contributed by atoms with E-state index in [1.165, 1.54) is 10.7 Å². The van der Waals surface area contributed by atoms with Gasteiger partial charge in [0, 0.05) is 26.2 Å². The Labute approximate surface area is 178 Å². The molecule has 1 saturated heterocycles. The molecule has 150 valence electrons. The van der Waals surface area contributed by atoms with Crippen molar-refractivity contribution in [3.63, 3.8) is 0 Å². The number of carbonyl (C=O) groups excluding carboxylic acids is 1. The molecule has 2 heterocycles. The van der Waals surface area contributed by atoms with Crippen molar-refractivity contribution in [3.05, 3.63) is 75.8 Å². The summed E-state index contributed by atoms with van der Waals surface area (Å²) in [7, 11) is 0. The van der Waals surface area contributed by atoms with E-state index in [2.05, 4.69) is 10.00 Å². The Bertz CT molecular complexity index is 1060. The quantitative estimate of drug-likeness (QED) is 0.607. The molecule has 0 saturated carbocycles. The number of benzene rings is 2. The van der Waals surface area contributed by atoms with E-state index >= 15 is 0 Å². The van der Waals surface area contributed by atoms with Crippen molar-refractivity contribution in [1.29, 1.82) is 0 Å². The lowest BCUT2D eigenvalue weighted by molar-refractivity contribution is 0.0737. The summed E-state index contributed by atoms with van der Waals surface area (Å²) in [6, 6.07) is 13.5. The summed E-state index contributed by atoms with van der Waals surface area (Å²) in [6.45, 7) is 4.07. The van der Waals surface area contributed by atoms with Gasteiger partial charge in [-0.25, -0.2) is 9.07 Å². The minimum Gasteiger partial charge on any atom is -0.367 e. The van der Waals surface area contributed by atoms with Crippen molar-refractivity contribution in [2.75, 3.05) is 31.1 Å². The number of piperazine rings is 1. The first kappa shape index (κ1) is 19.7. The summed E-state index contributed by atoms with van der Waals surface area (Å²) < 4.78 is 15.6. The molecule has 1 fully saturated rings. The zero-order chi connectivity index (χ0) is 20.5. The fourth-order valence-corrected chi connectivity index (χ4v) is 3.92. The van der Waals surface area contributed by atoms with Crippen LogP contribution in [0, 0.1) is 12.7 Å². The van der Waals surface area contributed by atoms with Gasteiger partial charge in [0.05, 0.1) is 21.4 Å². The number of hydrogen-bond donors (Lipinski definition) is 0. The van der Waals surface area contributed by atoms with E-state index in [9.17, 15) is 9.18 Å². The van der Waals surface area contributed by atoms with Gasteiger partial charge in [0.15, 0.2) is 0 Å². The maximum absolute atomic E-state index is 14.3. The number of aromatic nitrogens is 2. The highest BCUT2D eigenvalue weighted by Gasteiger charge is 2.27. The molecule has 1 aliphatic rings. The predicted octanol–water partition coefficient (Wildman–Crippen LogP) is 4.59. The van der Waals surface area contributed by atoms with Crippen molar-refractivity contribution in [2.45, 2.75) is 6.92 Å². The van der Waals surface area contributed by atoms with Crippen LogP contribution in [-0.4, -0.2) is 46.8 Å². The zero-order valence-electron chi connectivity index (χ0n) is 15.8. The Morgan fingerprint density at radius 1 is 1.00 bits per heavy atom. The Hall–Kier alpha value is -2.57. The molecule has 0 N–H and O–H groups in total. The number of anilines is 1. The number of amides is 1. The monoisotopic (exact) mass is 432 g/mol. The third-order valence-corrected chi connectivity index (χ3v) is 5.78. The van der Waals surface area contributed by atoms with Crippen LogP contribution in [0.1, 0.15) is 16.2 Å². The molecule has 0 bridgehead atoms. The van der Waals surface area contributed by atoms with Gasteiger partial charge in [-0.3, -0.25) is 4.79 Å². The predicted molar refractivity (Wildman–Crippen MR) is 113 cm³/mol. The highest BCUT2D eigenvalue weighted by molar-refractivity contribution is 6.43. The maximum Gasteiger partial charge on any atom is 0.272 e. The third-order valence-electron chi connectivity index (χ3n) is 4.97. The highest BCUT2D eigenvalue weighted by Crippen LogP contribution is 2.33. The van der Waals surface area contributed by atoms with Gasteiger partial charge >= 0.3 is 0 Å². The second-order valence-corrected chi connectivity index (χ2v) is 7.67. The summed E-state index contributed by atoms with van der Waals surface area (Å²) in [5.74, 6) is -0.601. The largest absolute Gasteiger partial charge is 0.367 e. The van der Waals surface area contributed by atoms with Crippen LogP contribution in [0.5, 0.6) is 0 Å². The van der Waals surface area contributed by atoms with Crippen molar-refractivity contribution in [3.8, 4) is 5.69 Å². The summed E-state index contributed by atoms with van der Waals surface area (Å²) in [5.41, 5.74) is 2.12. The molecule has 5 nitrogen and oxygen atoms in total. The molecule has 0 atom stereocenters. The Kier molecular flexibility index (Phi) is 5.48. The van der Waals surface area contributed by atoms with Crippen LogP contribution >= 0.6 is 23.2 Å². The van der Waals surface area contributed by atoms with Gasteiger partial charge in [-0.2, -0.15) is 5.10 Å². The van der Waals surface area contributed by atoms with Crippen molar-refractivity contribution in [1.82, 2.24) is 14.7 Å². The Morgan fingerprint density at radius 3 is 2.41 bits per heavy atom. The van der Waals surface area contributed by atoms with Gasteiger partial charge in [-0.1, -0.05) is 41.4 Å². The first-order valence-corrected chi connectivity index (χ1v) is 10.0. The smallest absolute Gasteiger partial charge is 0.272 e. The Balaban J connectivity index is 1.54. The molecular weight excluding hydrogens is 414 g/mol. The maximum atomic E-state index is 14.3. The van der Waals surface area contributed by atoms with Gasteiger partial charge in [0.1, 0.15) is 17.2 Å². The average Bonchev–Trinajstić information content (AvgIpc) is 3.11. The fraction of sp³-hybridized carbons (Fsp3) is 0.238. The topological polar surface area (TPSA) is 41.4 Å². The summed E-state index contributed by atoms with van der Waals surface area (Å²) in [6.07, 6.45) is 0. The molecule has 0 spiro atoms. The fourth-order valence-electron chi connectivity index (χ4n) is 3.51. The van der Waals surface area contributed by atoms with Gasteiger partial charge in [-0.15, -0.1) is 0 Å². The average molecular weight is 433 g/mol. The van der Waals surface area contributed by atoms with E-state index in [4.69, 9.17) is 23.2 Å². The molecule has 2 aromatic carbocycles. The summed E-state index contributed by atoms with van der Waals surface area (Å²) in [4.78, 5) is 17.0. The molecular formula is C21H19Cl2FN4O. The van der Waals surface area contributed by atoms with Gasteiger partial charge < -0.3 is 9.80 Å². The van der Waals surface area contributed by atoms with Crippen LogP contribution in [0.3, 0.4) is 0 Å². The number of para-hydroxylation sites is 1. The molecule has 4 rings (SSSR count). The van der Waals surface area contributed by atoms with E-state index in [1.54, 1.807) is 42.2 Å². The van der Waals surface area contributed by atoms with Crippen LogP contribution < -0.4 is 4.90 Å². The lowest BCUT2D eigenvalue weighted by Crippen LogP contribution is -2.49. The summed E-state index contributed by atoms with van der Waals surface area (Å²) in [5, 5.41) is 5.35. The standard InChI is InChI=1S/C21H19Cl2FN4O/c1-14-13-19(28(25-14)17-7-3-2-6-16(17)24)21(29)27-11-9-26(10-12-27)18-8-4-5-15(22)20(18)23/h2-8,13H,9-12H2,1H3. The van der Waals surface area contributed by atoms with Crippen molar-refractivity contribution >= 4 is 34.8 Å². The van der Waals surface area contributed by atoms with E-state index in [0.29, 0.717) is 47.6 Å². The molecule has 3 aromatic rings. The van der Waals surface area contributed by atoms with Gasteiger partial charge in [-0.05, 0) is 37.3 Å². The molecule has 1 aromatic heterocycles. The van der Waals surface area contributed by atoms with E-state index in [-0.39, 0.29) is 11.6 Å².